The summed E-state index contributed by atoms with van der Waals surface area (Å²) in [5, 5.41) is 9.60. The first-order valence-electron chi connectivity index (χ1n) is 17.1. The second-order valence-electron chi connectivity index (χ2n) is 13.7. The highest BCUT2D eigenvalue weighted by molar-refractivity contribution is 5.98. The predicted octanol–water partition coefficient (Wildman–Crippen LogP) is 5.40. The van der Waals surface area contributed by atoms with E-state index in [9.17, 15) is 19.2 Å². The molecule has 3 heterocycles. The highest BCUT2D eigenvalue weighted by Crippen LogP contribution is 2.42. The van der Waals surface area contributed by atoms with Crippen LogP contribution in [0, 0.1) is 25.2 Å². The molecule has 2 fully saturated rings. The van der Waals surface area contributed by atoms with Gasteiger partial charge >= 0.3 is 0 Å². The van der Waals surface area contributed by atoms with Crippen LogP contribution < -0.4 is 15.0 Å². The lowest BCUT2D eigenvalue weighted by Gasteiger charge is -2.38. The number of ether oxygens (including phenoxy) is 2. The summed E-state index contributed by atoms with van der Waals surface area (Å²) in [7, 11) is 5.14. The summed E-state index contributed by atoms with van der Waals surface area (Å²) >= 11 is 0. The van der Waals surface area contributed by atoms with Gasteiger partial charge in [0.15, 0.2) is 0 Å². The Morgan fingerprint density at radius 3 is 2.24 bits per heavy atom. The van der Waals surface area contributed by atoms with Gasteiger partial charge in [-0.3, -0.25) is 19.4 Å². The fraction of sp³-hybridized carbons (Fsp3) is 0.462. The fourth-order valence-corrected chi connectivity index (χ4v) is 7.32. The van der Waals surface area contributed by atoms with E-state index < -0.39 is 5.67 Å². The van der Waals surface area contributed by atoms with Crippen LogP contribution in [0.3, 0.4) is 0 Å². The third-order valence-electron chi connectivity index (χ3n) is 10.7. The van der Waals surface area contributed by atoms with Crippen LogP contribution in [0.2, 0.25) is 0 Å². The van der Waals surface area contributed by atoms with Crippen LogP contribution in [0.15, 0.2) is 53.0 Å². The van der Waals surface area contributed by atoms with E-state index in [2.05, 4.69) is 28.0 Å². The quantitative estimate of drug-likeness (QED) is 0.223. The Kier molecular flexibility index (Phi) is 9.70. The second kappa shape index (κ2) is 13.8. The minimum Gasteiger partial charge on any atom is -0.496 e. The van der Waals surface area contributed by atoms with Gasteiger partial charge in [-0.15, -0.1) is 0 Å². The second-order valence-corrected chi connectivity index (χ2v) is 13.7. The predicted molar refractivity (Wildman–Crippen MR) is 187 cm³/mol. The number of methoxy groups -OCH3 is 2. The van der Waals surface area contributed by atoms with Gasteiger partial charge in [-0.1, -0.05) is 18.2 Å². The average Bonchev–Trinajstić information content (AvgIpc) is 3.85. The number of benzene rings is 2. The number of fused-ring (bicyclic) bond motifs is 1. The lowest BCUT2D eigenvalue weighted by molar-refractivity contribution is -0.129. The maximum atomic E-state index is 14.4. The summed E-state index contributed by atoms with van der Waals surface area (Å²) in [4.78, 5) is 32.3. The van der Waals surface area contributed by atoms with Crippen molar-refractivity contribution in [2.24, 2.45) is 7.05 Å². The van der Waals surface area contributed by atoms with Crippen molar-refractivity contribution < 1.29 is 18.7 Å². The lowest BCUT2D eigenvalue weighted by atomic mass is 9.89. The molecule has 1 saturated heterocycles. The van der Waals surface area contributed by atoms with Crippen LogP contribution >= 0.6 is 0 Å². The van der Waals surface area contributed by atoms with Crippen LogP contribution in [0.5, 0.6) is 11.5 Å². The molecule has 49 heavy (non-hydrogen) atoms. The standard InChI is InChI=1S/C39H46FN5O4/c1-25-26(2)37(46)42(4)23-33(25)29-18-35(48-5)34(36(19-29)49-6)24-44-16-14-43(15-17-44)22-28-8-7-9-31-27(3)45(13-10-32(28)31)38(47)30(21-41)20-39(40)11-12-39/h7-9,18-20,23,27H,10-17,22,24H2,1-6H3. The third kappa shape index (κ3) is 6.87. The van der Waals surface area contributed by atoms with Crippen molar-refractivity contribution in [3.63, 3.8) is 0 Å². The van der Waals surface area contributed by atoms with Gasteiger partial charge in [-0.05, 0) is 86.1 Å². The zero-order chi connectivity index (χ0) is 35.0. The molecule has 258 valence electrons. The van der Waals surface area contributed by atoms with Gasteiger partial charge in [0, 0.05) is 70.2 Å². The molecule has 1 aliphatic carbocycles. The van der Waals surface area contributed by atoms with Gasteiger partial charge in [0.25, 0.3) is 11.5 Å². The van der Waals surface area contributed by atoms with Crippen molar-refractivity contribution in [2.45, 2.75) is 64.8 Å². The topological polar surface area (TPSA) is 91.0 Å². The highest BCUT2D eigenvalue weighted by Gasteiger charge is 2.43. The van der Waals surface area contributed by atoms with E-state index in [4.69, 9.17) is 9.47 Å². The van der Waals surface area contributed by atoms with E-state index in [1.165, 1.54) is 17.2 Å². The summed E-state index contributed by atoms with van der Waals surface area (Å²) in [6.45, 7) is 11.4. The maximum Gasteiger partial charge on any atom is 0.264 e. The molecule has 3 aliphatic rings. The van der Waals surface area contributed by atoms with Crippen LogP contribution in [-0.2, 0) is 31.4 Å². The van der Waals surface area contributed by atoms with Crippen LogP contribution in [-0.4, -0.2) is 77.8 Å². The van der Waals surface area contributed by atoms with Gasteiger partial charge in [0.1, 0.15) is 28.8 Å². The smallest absolute Gasteiger partial charge is 0.264 e. The van der Waals surface area contributed by atoms with Gasteiger partial charge in [0.2, 0.25) is 0 Å². The van der Waals surface area contributed by atoms with E-state index in [-0.39, 0.29) is 23.1 Å². The van der Waals surface area contributed by atoms with Crippen LogP contribution in [0.1, 0.15) is 59.2 Å². The van der Waals surface area contributed by atoms with Gasteiger partial charge in [0.05, 0.1) is 25.8 Å². The molecule has 1 atom stereocenters. The normalized spacial score (nSPS) is 19.3. The third-order valence-corrected chi connectivity index (χ3v) is 10.7. The summed E-state index contributed by atoms with van der Waals surface area (Å²) in [5.41, 5.74) is 6.64. The Balaban J connectivity index is 1.12. The molecule has 0 spiro atoms. The van der Waals surface area contributed by atoms with Crippen molar-refractivity contribution in [2.75, 3.05) is 46.9 Å². The molecule has 1 saturated carbocycles. The Bertz CT molecular complexity index is 1870. The molecule has 2 aliphatic heterocycles. The van der Waals surface area contributed by atoms with E-state index in [0.29, 0.717) is 32.4 Å². The fourth-order valence-electron chi connectivity index (χ4n) is 7.32. The summed E-state index contributed by atoms with van der Waals surface area (Å²) in [5.74, 6) is 1.13. The Labute approximate surface area is 288 Å². The number of aryl methyl sites for hydroxylation is 1. The zero-order valence-electron chi connectivity index (χ0n) is 29.4. The number of halogens is 1. The number of hydrogen-bond acceptors (Lipinski definition) is 7. The highest BCUT2D eigenvalue weighted by atomic mass is 19.1. The molecule has 0 bridgehead atoms. The van der Waals surface area contributed by atoms with E-state index >= 15 is 0 Å². The first-order valence-corrected chi connectivity index (χ1v) is 17.1. The monoisotopic (exact) mass is 667 g/mol. The number of aromatic nitrogens is 1. The van der Waals surface area contributed by atoms with Gasteiger partial charge in [-0.2, -0.15) is 5.26 Å². The molecule has 6 rings (SSSR count). The number of allylic oxidation sites excluding steroid dienone is 1. The molecule has 1 amide bonds. The van der Waals surface area contributed by atoms with Crippen molar-refractivity contribution in [3.8, 4) is 28.7 Å². The van der Waals surface area contributed by atoms with Crippen molar-refractivity contribution >= 4 is 5.91 Å². The molecular formula is C39H46FN5O4. The van der Waals surface area contributed by atoms with Crippen LogP contribution in [0.25, 0.3) is 11.1 Å². The van der Waals surface area contributed by atoms with E-state index in [1.807, 2.05) is 45.2 Å². The minimum absolute atomic E-state index is 0.00115. The number of carbonyl (C=O) groups is 1. The average molecular weight is 668 g/mol. The summed E-state index contributed by atoms with van der Waals surface area (Å²) < 4.78 is 27.8. The molecule has 3 aromatic rings. The zero-order valence-corrected chi connectivity index (χ0v) is 29.4. The number of piperazine rings is 1. The molecule has 10 heteroatoms. The number of amides is 1. The largest absolute Gasteiger partial charge is 0.496 e. The number of hydrogen-bond donors (Lipinski definition) is 0. The minimum atomic E-state index is -1.50. The number of nitriles is 1. The summed E-state index contributed by atoms with van der Waals surface area (Å²) in [6, 6.07) is 12.1. The molecular weight excluding hydrogens is 621 g/mol. The Morgan fingerprint density at radius 2 is 1.65 bits per heavy atom. The van der Waals surface area contributed by atoms with Gasteiger partial charge in [-0.25, -0.2) is 4.39 Å². The first-order chi connectivity index (χ1) is 23.5. The molecule has 2 aromatic carbocycles. The number of carbonyl (C=O) groups excluding carboxylic acids is 1. The van der Waals surface area contributed by atoms with Gasteiger partial charge < -0.3 is 18.9 Å². The van der Waals surface area contributed by atoms with Crippen molar-refractivity contribution in [1.82, 2.24) is 19.3 Å². The molecule has 0 radical (unpaired) electrons. The lowest BCUT2D eigenvalue weighted by Crippen LogP contribution is -2.45. The van der Waals surface area contributed by atoms with E-state index in [0.717, 1.165) is 77.6 Å². The van der Waals surface area contributed by atoms with E-state index in [1.54, 1.807) is 30.7 Å². The molecule has 1 unspecified atom stereocenters. The molecule has 1 aromatic heterocycles. The van der Waals surface area contributed by atoms with Crippen LogP contribution in [0.4, 0.5) is 4.39 Å². The summed E-state index contributed by atoms with van der Waals surface area (Å²) in [6.07, 6.45) is 4.55. The SMILES string of the molecule is COc1cc(-c2cn(C)c(=O)c(C)c2C)cc(OC)c1CN1CCN(Cc2cccc3c2CCN(C(=O)C(C#N)=CC2(F)CC2)C3C)CC1. The van der Waals surface area contributed by atoms with Crippen molar-refractivity contribution in [3.05, 3.63) is 91.9 Å². The molecule has 9 nitrogen and oxygen atoms in total. The Morgan fingerprint density at radius 1 is 1.02 bits per heavy atom. The number of rotatable bonds is 9. The maximum absolute atomic E-state index is 14.4. The van der Waals surface area contributed by atoms with Crippen molar-refractivity contribution in [1.29, 1.82) is 5.26 Å². The first kappa shape index (κ1) is 34.4. The Hall–Kier alpha value is -4.46. The number of pyridine rings is 1. The molecule has 0 N–H and O–H groups in total. The number of nitrogens with zero attached hydrogens (tertiary/aromatic N) is 5. The number of alkyl halides is 1.